The van der Waals surface area contributed by atoms with Gasteiger partial charge in [-0.15, -0.1) is 0 Å². The lowest BCUT2D eigenvalue weighted by atomic mass is 9.76. The third-order valence-electron chi connectivity index (χ3n) is 9.47. The summed E-state index contributed by atoms with van der Waals surface area (Å²) in [6, 6.07) is 38.8. The van der Waals surface area contributed by atoms with Crippen LogP contribution in [0.15, 0.2) is 127 Å². The van der Waals surface area contributed by atoms with Crippen molar-refractivity contribution in [1.29, 1.82) is 0 Å². The number of anilines is 2. The van der Waals surface area contributed by atoms with Crippen LogP contribution in [0.25, 0.3) is 0 Å². The van der Waals surface area contributed by atoms with Crippen molar-refractivity contribution in [2.24, 2.45) is 0 Å². The number of esters is 1. The molecule has 1 aliphatic heterocycles. The lowest BCUT2D eigenvalue weighted by Crippen LogP contribution is -2.39. The summed E-state index contributed by atoms with van der Waals surface area (Å²) in [4.78, 5) is 41.9. The Morgan fingerprint density at radius 2 is 1.41 bits per heavy atom. The Hall–Kier alpha value is -5.69. The number of nitrogens with zero attached hydrogens (tertiary/aromatic N) is 1. The van der Waals surface area contributed by atoms with Crippen molar-refractivity contribution >= 4 is 28.9 Å². The van der Waals surface area contributed by atoms with Crippen LogP contribution >= 0.6 is 0 Å². The molecule has 7 nitrogen and oxygen atoms in total. The number of carbonyl (C=O) groups is 3. The van der Waals surface area contributed by atoms with Crippen molar-refractivity contribution in [3.63, 3.8) is 0 Å². The van der Waals surface area contributed by atoms with Crippen molar-refractivity contribution in [3.8, 4) is 5.75 Å². The zero-order chi connectivity index (χ0) is 35.8. The van der Waals surface area contributed by atoms with Gasteiger partial charge in [-0.25, -0.2) is 4.79 Å². The first-order valence-electron chi connectivity index (χ1n) is 17.6. The standard InChI is InChI=1S/C44H44N2O5/c1-4-50-43(49)39(45-38-18-12-11-17-36(38)42(48)33-15-9-6-10-16-33)29-31-19-22-35(23-20-31)51-28-27-46-26-25-44(2,3)37-30-34(21-24-40(37)46)41(47)32-13-7-5-8-14-32/h5-24,30,39,45H,4,25-29H2,1-3H3. The summed E-state index contributed by atoms with van der Waals surface area (Å²) in [6.45, 7) is 8.60. The highest BCUT2D eigenvalue weighted by molar-refractivity contribution is 6.12. The van der Waals surface area contributed by atoms with Crippen molar-refractivity contribution < 1.29 is 23.9 Å². The van der Waals surface area contributed by atoms with E-state index in [2.05, 4.69) is 36.2 Å². The Labute approximate surface area is 300 Å². The number of benzene rings is 5. The number of ketones is 2. The van der Waals surface area contributed by atoms with Crippen molar-refractivity contribution in [3.05, 3.63) is 161 Å². The number of rotatable bonds is 14. The Kier molecular flexibility index (Phi) is 11.0. The van der Waals surface area contributed by atoms with E-state index in [0.717, 1.165) is 30.0 Å². The first-order valence-corrected chi connectivity index (χ1v) is 17.6. The smallest absolute Gasteiger partial charge is 0.328 e. The summed E-state index contributed by atoms with van der Waals surface area (Å²) in [5, 5.41) is 3.30. The van der Waals surface area contributed by atoms with E-state index in [1.807, 2.05) is 97.1 Å². The van der Waals surface area contributed by atoms with Crippen LogP contribution in [0.4, 0.5) is 11.4 Å². The molecule has 5 aromatic carbocycles. The van der Waals surface area contributed by atoms with Crippen LogP contribution in [0, 0.1) is 0 Å². The van der Waals surface area contributed by atoms with Crippen LogP contribution in [0.5, 0.6) is 5.75 Å². The number of hydrogen-bond acceptors (Lipinski definition) is 7. The maximum atomic E-state index is 13.3. The minimum absolute atomic E-state index is 0.0328. The first-order chi connectivity index (χ1) is 24.7. The van der Waals surface area contributed by atoms with E-state index >= 15 is 0 Å². The molecule has 1 N–H and O–H groups in total. The molecule has 0 aromatic heterocycles. The SMILES string of the molecule is CCOC(=O)C(Cc1ccc(OCCN2CCC(C)(C)c3cc(C(=O)c4ccccc4)ccc32)cc1)Nc1ccccc1C(=O)c1ccccc1. The van der Waals surface area contributed by atoms with Crippen LogP contribution in [-0.2, 0) is 21.4 Å². The van der Waals surface area contributed by atoms with Gasteiger partial charge in [0.1, 0.15) is 18.4 Å². The van der Waals surface area contributed by atoms with Crippen LogP contribution in [-0.4, -0.2) is 49.9 Å². The summed E-state index contributed by atoms with van der Waals surface area (Å²) in [6.07, 6.45) is 1.33. The third kappa shape index (κ3) is 8.38. The van der Waals surface area contributed by atoms with E-state index in [4.69, 9.17) is 9.47 Å². The van der Waals surface area contributed by atoms with Crippen LogP contribution < -0.4 is 15.0 Å². The molecule has 1 atom stereocenters. The second kappa shape index (κ2) is 15.9. The molecule has 0 spiro atoms. The molecule has 7 heteroatoms. The monoisotopic (exact) mass is 680 g/mol. The summed E-state index contributed by atoms with van der Waals surface area (Å²) in [5.41, 5.74) is 6.23. The lowest BCUT2D eigenvalue weighted by Gasteiger charge is -2.40. The van der Waals surface area contributed by atoms with Gasteiger partial charge >= 0.3 is 5.97 Å². The quantitative estimate of drug-likeness (QED) is 0.0933. The van der Waals surface area contributed by atoms with Gasteiger partial charge in [-0.1, -0.05) is 98.8 Å². The van der Waals surface area contributed by atoms with Gasteiger partial charge in [-0.3, -0.25) is 9.59 Å². The predicted molar refractivity (Wildman–Crippen MR) is 202 cm³/mol. The molecule has 1 unspecified atom stereocenters. The molecule has 0 aliphatic carbocycles. The van der Waals surface area contributed by atoms with Gasteiger partial charge < -0.3 is 19.7 Å². The van der Waals surface area contributed by atoms with Crippen LogP contribution in [0.1, 0.15) is 70.2 Å². The molecular formula is C44H44N2O5. The molecule has 0 radical (unpaired) electrons. The maximum Gasteiger partial charge on any atom is 0.328 e. The molecule has 0 amide bonds. The fraction of sp³-hybridized carbons (Fsp3) is 0.250. The Balaban J connectivity index is 1.10. The first kappa shape index (κ1) is 35.1. The molecule has 260 valence electrons. The molecule has 1 heterocycles. The largest absolute Gasteiger partial charge is 0.492 e. The van der Waals surface area contributed by atoms with Crippen molar-refractivity contribution in [2.75, 3.05) is 36.5 Å². The van der Waals surface area contributed by atoms with E-state index in [0.29, 0.717) is 47.5 Å². The lowest BCUT2D eigenvalue weighted by molar-refractivity contribution is -0.144. The van der Waals surface area contributed by atoms with Crippen LogP contribution in [0.3, 0.4) is 0 Å². The van der Waals surface area contributed by atoms with Gasteiger partial charge in [0.25, 0.3) is 0 Å². The van der Waals surface area contributed by atoms with Gasteiger partial charge in [0, 0.05) is 46.6 Å². The molecule has 5 aromatic rings. The zero-order valence-electron chi connectivity index (χ0n) is 29.4. The normalized spacial score (nSPS) is 13.8. The number of para-hydroxylation sites is 1. The number of nitrogens with one attached hydrogen (secondary N) is 1. The predicted octanol–water partition coefficient (Wildman–Crippen LogP) is 8.30. The number of carbonyl (C=O) groups excluding carboxylic acids is 3. The Bertz CT molecular complexity index is 1970. The minimum atomic E-state index is -0.701. The number of ether oxygens (including phenoxy) is 2. The highest BCUT2D eigenvalue weighted by Crippen LogP contribution is 2.40. The number of fused-ring (bicyclic) bond motifs is 1. The molecule has 1 aliphatic rings. The van der Waals surface area contributed by atoms with Gasteiger partial charge in [0.2, 0.25) is 0 Å². The van der Waals surface area contributed by atoms with E-state index in [1.54, 1.807) is 25.1 Å². The highest BCUT2D eigenvalue weighted by atomic mass is 16.5. The van der Waals surface area contributed by atoms with Crippen molar-refractivity contribution in [1.82, 2.24) is 0 Å². The van der Waals surface area contributed by atoms with Gasteiger partial charge in [0.15, 0.2) is 11.6 Å². The van der Waals surface area contributed by atoms with Gasteiger partial charge in [-0.2, -0.15) is 0 Å². The van der Waals surface area contributed by atoms with E-state index in [-0.39, 0.29) is 29.6 Å². The average molecular weight is 681 g/mol. The summed E-state index contributed by atoms with van der Waals surface area (Å²) in [5.74, 6) is 0.258. The average Bonchev–Trinajstić information content (AvgIpc) is 3.16. The zero-order valence-corrected chi connectivity index (χ0v) is 29.4. The van der Waals surface area contributed by atoms with E-state index < -0.39 is 6.04 Å². The molecule has 0 saturated carbocycles. The summed E-state index contributed by atoms with van der Waals surface area (Å²) >= 11 is 0. The van der Waals surface area contributed by atoms with Gasteiger partial charge in [0.05, 0.1) is 13.2 Å². The van der Waals surface area contributed by atoms with Crippen LogP contribution in [0.2, 0.25) is 0 Å². The van der Waals surface area contributed by atoms with Gasteiger partial charge in [-0.05, 0) is 72.4 Å². The second-order valence-corrected chi connectivity index (χ2v) is 13.4. The van der Waals surface area contributed by atoms with E-state index in [9.17, 15) is 14.4 Å². The minimum Gasteiger partial charge on any atom is -0.492 e. The third-order valence-corrected chi connectivity index (χ3v) is 9.47. The molecule has 0 bridgehead atoms. The molecular weight excluding hydrogens is 636 g/mol. The Morgan fingerprint density at radius 3 is 2.10 bits per heavy atom. The molecule has 51 heavy (non-hydrogen) atoms. The fourth-order valence-corrected chi connectivity index (χ4v) is 6.56. The number of hydrogen-bond donors (Lipinski definition) is 1. The second-order valence-electron chi connectivity index (χ2n) is 13.4. The summed E-state index contributed by atoms with van der Waals surface area (Å²) in [7, 11) is 0. The molecule has 6 rings (SSSR count). The fourth-order valence-electron chi connectivity index (χ4n) is 6.56. The highest BCUT2D eigenvalue weighted by Gasteiger charge is 2.32. The molecule has 0 fully saturated rings. The topological polar surface area (TPSA) is 84.9 Å². The Morgan fingerprint density at radius 1 is 0.765 bits per heavy atom. The molecule has 0 saturated heterocycles. The van der Waals surface area contributed by atoms with E-state index in [1.165, 1.54) is 5.56 Å². The van der Waals surface area contributed by atoms with Crippen molar-refractivity contribution in [2.45, 2.75) is 45.1 Å². The maximum absolute atomic E-state index is 13.3. The summed E-state index contributed by atoms with van der Waals surface area (Å²) < 4.78 is 11.6.